The van der Waals surface area contributed by atoms with E-state index in [4.69, 9.17) is 14.7 Å². The topological polar surface area (TPSA) is 63.0 Å². The largest absolute Gasteiger partial charge is 0.497 e. The van der Waals surface area contributed by atoms with Crippen molar-refractivity contribution >= 4 is 23.0 Å². The smallest absolute Gasteiger partial charge is 0.277 e. The third-order valence-corrected chi connectivity index (χ3v) is 11.0. The van der Waals surface area contributed by atoms with Gasteiger partial charge in [-0.3, -0.25) is 14.8 Å². The molecule has 0 spiro atoms. The fraction of sp³-hybridized carbons (Fsp3) is 0.477. The Labute approximate surface area is 302 Å². The summed E-state index contributed by atoms with van der Waals surface area (Å²) < 4.78 is 35.8. The second kappa shape index (κ2) is 16.0. The molecule has 1 aliphatic carbocycles. The number of aryl methyl sites for hydroxylation is 2. The summed E-state index contributed by atoms with van der Waals surface area (Å²) in [4.78, 5) is 24.6. The van der Waals surface area contributed by atoms with Gasteiger partial charge in [0.1, 0.15) is 11.6 Å². The predicted molar refractivity (Wildman–Crippen MR) is 203 cm³/mol. The maximum absolute atomic E-state index is 15.2. The molecule has 1 N–H and O–H groups in total. The van der Waals surface area contributed by atoms with Crippen molar-refractivity contribution in [2.24, 2.45) is 27.2 Å². The van der Waals surface area contributed by atoms with Crippen LogP contribution in [-0.2, 0) is 30.1 Å². The molecule has 3 aromatic carbocycles. The number of nitrogens with one attached hydrogen (secondary N) is 1. The number of allylic oxidation sites excluding steroid dienone is 2. The summed E-state index contributed by atoms with van der Waals surface area (Å²) in [5, 5.41) is 3.70. The SMILES string of the molecule is COc1ccc(CN=C2CC(CCc3ccccc3)C(=O)C3=C(CCCC(C4=Nc5ccc(C(F)(F)C(C)(C)C)cc5CCC4)CCC3)N2)cc1. The average Bonchev–Trinajstić information content (AvgIpc) is 3.35. The molecule has 2 heterocycles. The van der Waals surface area contributed by atoms with Crippen LogP contribution in [0.2, 0.25) is 0 Å². The minimum Gasteiger partial charge on any atom is -0.497 e. The van der Waals surface area contributed by atoms with E-state index in [0.717, 1.165) is 110 Å². The van der Waals surface area contributed by atoms with Crippen LogP contribution in [0.1, 0.15) is 107 Å². The van der Waals surface area contributed by atoms with Crippen LogP contribution in [-0.4, -0.2) is 24.4 Å². The molecule has 0 saturated heterocycles. The molecule has 270 valence electrons. The quantitative estimate of drug-likeness (QED) is 0.255. The van der Waals surface area contributed by atoms with E-state index in [0.29, 0.717) is 18.9 Å². The van der Waals surface area contributed by atoms with E-state index in [1.807, 2.05) is 30.3 Å². The lowest BCUT2D eigenvalue weighted by atomic mass is 9.83. The highest BCUT2D eigenvalue weighted by Gasteiger charge is 2.45. The van der Waals surface area contributed by atoms with Crippen molar-refractivity contribution in [2.45, 2.75) is 110 Å². The number of carbonyl (C=O) groups excluding carboxylic acids is 1. The van der Waals surface area contributed by atoms with Crippen LogP contribution in [0.25, 0.3) is 0 Å². The molecule has 2 atom stereocenters. The zero-order valence-electron chi connectivity index (χ0n) is 30.7. The third kappa shape index (κ3) is 8.85. The highest BCUT2D eigenvalue weighted by Crippen LogP contribution is 2.46. The van der Waals surface area contributed by atoms with Gasteiger partial charge in [-0.2, -0.15) is 0 Å². The second-order valence-electron chi connectivity index (χ2n) is 15.6. The molecular weight excluding hydrogens is 640 g/mol. The molecule has 3 aromatic rings. The van der Waals surface area contributed by atoms with E-state index < -0.39 is 11.3 Å². The van der Waals surface area contributed by atoms with Crippen molar-refractivity contribution in [2.75, 3.05) is 7.11 Å². The zero-order chi connectivity index (χ0) is 36.0. The first-order valence-corrected chi connectivity index (χ1v) is 18.8. The first kappa shape index (κ1) is 36.7. The van der Waals surface area contributed by atoms with Crippen molar-refractivity contribution in [1.29, 1.82) is 0 Å². The van der Waals surface area contributed by atoms with Gasteiger partial charge in [-0.05, 0) is 118 Å². The number of alkyl halides is 2. The Morgan fingerprint density at radius 2 is 1.63 bits per heavy atom. The molecule has 0 bridgehead atoms. The van der Waals surface area contributed by atoms with E-state index in [9.17, 15) is 4.79 Å². The molecule has 6 rings (SSSR count). The van der Waals surface area contributed by atoms with E-state index in [1.54, 1.807) is 46.1 Å². The summed E-state index contributed by atoms with van der Waals surface area (Å²) in [6.07, 6.45) is 10.1. The minimum atomic E-state index is -2.92. The minimum absolute atomic E-state index is 0.0774. The number of fused-ring (bicyclic) bond motifs is 1. The first-order valence-electron chi connectivity index (χ1n) is 18.8. The van der Waals surface area contributed by atoms with Crippen LogP contribution in [0.4, 0.5) is 14.5 Å². The Hall–Kier alpha value is -4.13. The molecule has 2 unspecified atom stereocenters. The zero-order valence-corrected chi connectivity index (χ0v) is 30.7. The van der Waals surface area contributed by atoms with Gasteiger partial charge in [-0.25, -0.2) is 8.78 Å². The Balaban J connectivity index is 1.20. The van der Waals surface area contributed by atoms with Crippen LogP contribution in [0, 0.1) is 17.3 Å². The average molecular weight is 694 g/mol. The number of rotatable bonds is 8. The van der Waals surface area contributed by atoms with Crippen LogP contribution in [0.15, 0.2) is 94.1 Å². The number of ether oxygens (including phenoxy) is 1. The Morgan fingerprint density at radius 3 is 2.35 bits per heavy atom. The molecule has 51 heavy (non-hydrogen) atoms. The summed E-state index contributed by atoms with van der Waals surface area (Å²) in [5.41, 5.74) is 6.18. The van der Waals surface area contributed by atoms with Gasteiger partial charge in [0.05, 0.1) is 19.3 Å². The van der Waals surface area contributed by atoms with Gasteiger partial charge in [0.25, 0.3) is 5.92 Å². The number of Topliss-reactive ketones (excluding diaryl/α,β-unsaturated/α-hetero) is 1. The number of nitrogens with zero attached hydrogens (tertiary/aromatic N) is 2. The van der Waals surface area contributed by atoms with Crippen molar-refractivity contribution in [3.05, 3.63) is 106 Å². The van der Waals surface area contributed by atoms with E-state index in [2.05, 4.69) is 29.6 Å². The Kier molecular flexibility index (Phi) is 11.5. The molecule has 2 aliphatic heterocycles. The summed E-state index contributed by atoms with van der Waals surface area (Å²) in [7, 11) is 1.67. The van der Waals surface area contributed by atoms with Crippen LogP contribution in [0.5, 0.6) is 5.75 Å². The number of benzene rings is 3. The monoisotopic (exact) mass is 693 g/mol. The van der Waals surface area contributed by atoms with Gasteiger partial charge < -0.3 is 10.1 Å². The third-order valence-electron chi connectivity index (χ3n) is 11.0. The van der Waals surface area contributed by atoms with Gasteiger partial charge in [0, 0.05) is 40.3 Å². The number of amidine groups is 1. The Bertz CT molecular complexity index is 1770. The number of aliphatic imine (C=N–C) groups is 2. The van der Waals surface area contributed by atoms with Crippen LogP contribution >= 0.6 is 0 Å². The van der Waals surface area contributed by atoms with Gasteiger partial charge in [0.15, 0.2) is 5.78 Å². The molecular formula is C44H53F2N3O2. The first-order chi connectivity index (χ1) is 24.5. The van der Waals surface area contributed by atoms with Gasteiger partial charge >= 0.3 is 0 Å². The van der Waals surface area contributed by atoms with Gasteiger partial charge in [0.2, 0.25) is 0 Å². The number of hydrogen-bond donors (Lipinski definition) is 1. The maximum atomic E-state index is 15.2. The highest BCUT2D eigenvalue weighted by molar-refractivity contribution is 6.03. The highest BCUT2D eigenvalue weighted by atomic mass is 19.3. The van der Waals surface area contributed by atoms with Crippen molar-refractivity contribution in [3.63, 3.8) is 0 Å². The summed E-state index contributed by atoms with van der Waals surface area (Å²) in [6, 6.07) is 23.5. The lowest BCUT2D eigenvalue weighted by molar-refractivity contribution is -0.119. The fourth-order valence-corrected chi connectivity index (χ4v) is 7.77. The number of methoxy groups -OCH3 is 1. The number of ketones is 1. The molecule has 0 amide bonds. The second-order valence-corrected chi connectivity index (χ2v) is 15.6. The lowest BCUT2D eigenvalue weighted by Gasteiger charge is -2.31. The summed E-state index contributed by atoms with van der Waals surface area (Å²) >= 11 is 0. The molecule has 7 heteroatoms. The molecule has 3 aliphatic rings. The van der Waals surface area contributed by atoms with Crippen LogP contribution < -0.4 is 10.1 Å². The van der Waals surface area contributed by atoms with E-state index >= 15 is 8.78 Å². The van der Waals surface area contributed by atoms with Gasteiger partial charge in [-0.1, -0.05) is 69.3 Å². The van der Waals surface area contributed by atoms with Crippen molar-refractivity contribution < 1.29 is 18.3 Å². The molecule has 0 radical (unpaired) electrons. The maximum Gasteiger partial charge on any atom is 0.277 e. The lowest BCUT2D eigenvalue weighted by Crippen LogP contribution is -2.31. The van der Waals surface area contributed by atoms with Crippen molar-refractivity contribution in [3.8, 4) is 5.75 Å². The fourth-order valence-electron chi connectivity index (χ4n) is 7.77. The van der Waals surface area contributed by atoms with Crippen LogP contribution in [0.3, 0.4) is 0 Å². The number of halogens is 2. The van der Waals surface area contributed by atoms with E-state index in [1.165, 1.54) is 11.3 Å². The molecule has 0 fully saturated rings. The molecule has 0 saturated carbocycles. The molecule has 5 nitrogen and oxygen atoms in total. The Morgan fingerprint density at radius 1 is 0.882 bits per heavy atom. The summed E-state index contributed by atoms with van der Waals surface area (Å²) in [6.45, 7) is 5.30. The predicted octanol–water partition coefficient (Wildman–Crippen LogP) is 10.9. The van der Waals surface area contributed by atoms with Gasteiger partial charge in [-0.15, -0.1) is 0 Å². The standard InChI is InChI=1S/C44H53F2N3O2/c1-43(2,3)44(45,46)35-23-26-39-33(27-35)15-10-17-38(48-39)32-13-8-16-37-40(18-9-14-32)49-41(47-29-31-20-24-36(51-4)25-21-31)28-34(42(37)50)22-19-30-11-6-5-7-12-30/h5-7,11-12,20-21,23-27,32,34H,8-10,13-19,22,28-29H2,1-4H3,(H,47,49). The number of hydrogen-bond acceptors (Lipinski definition) is 4. The van der Waals surface area contributed by atoms with E-state index in [-0.39, 0.29) is 17.3 Å². The summed E-state index contributed by atoms with van der Waals surface area (Å²) in [5.74, 6) is -0.768. The number of carbonyl (C=O) groups is 1. The normalized spacial score (nSPS) is 21.3. The van der Waals surface area contributed by atoms with Crippen molar-refractivity contribution in [1.82, 2.24) is 5.32 Å². The molecule has 0 aromatic heterocycles.